The highest BCUT2D eigenvalue weighted by Gasteiger charge is 1.97. The van der Waals surface area contributed by atoms with Crippen molar-refractivity contribution in [3.63, 3.8) is 0 Å². The molecule has 10 aromatic heterocycles. The predicted molar refractivity (Wildman–Crippen MR) is 322 cm³/mol. The van der Waals surface area contributed by atoms with Crippen LogP contribution in [0.3, 0.4) is 0 Å². The van der Waals surface area contributed by atoms with Crippen LogP contribution in [0.1, 0.15) is 99.0 Å². The van der Waals surface area contributed by atoms with Gasteiger partial charge in [0.25, 0.3) is 0 Å². The Hall–Kier alpha value is -6.99. The number of imidazole rings is 1. The molecule has 0 radical (unpaired) electrons. The topological polar surface area (TPSA) is 108 Å². The number of aromatic nitrogens is 8. The number of pyridine rings is 3. The maximum Gasteiger partial charge on any atom is 0.136 e. The number of furan rings is 1. The fourth-order valence-corrected chi connectivity index (χ4v) is 8.26. The van der Waals surface area contributed by atoms with Crippen LogP contribution in [-0.4, -0.2) is 39.3 Å². The van der Waals surface area contributed by atoms with E-state index in [1.54, 1.807) is 28.9 Å². The van der Waals surface area contributed by atoms with E-state index in [2.05, 4.69) is 140 Å². The van der Waals surface area contributed by atoms with Crippen molar-refractivity contribution in [3.05, 3.63) is 244 Å². The van der Waals surface area contributed by atoms with E-state index in [-0.39, 0.29) is 0 Å². The molecular weight excluding hydrogens is 981 g/mol. The largest absolute Gasteiger partial charge is 0.466 e. The summed E-state index contributed by atoms with van der Waals surface area (Å²) in [6.07, 6.45) is 9.31. The van der Waals surface area contributed by atoms with Crippen LogP contribution in [0.25, 0.3) is 16.6 Å². The zero-order valence-corrected chi connectivity index (χ0v) is 50.0. The minimum Gasteiger partial charge on any atom is -0.466 e. The van der Waals surface area contributed by atoms with Crippen LogP contribution in [0.4, 0.5) is 0 Å². The highest BCUT2D eigenvalue weighted by Crippen LogP contribution is 2.14. The number of benzene rings is 1. The Morgan fingerprint density at radius 2 is 1.15 bits per heavy atom. The van der Waals surface area contributed by atoms with Gasteiger partial charge in [0.05, 0.1) is 22.6 Å². The molecule has 0 atom stereocenters. The summed E-state index contributed by atoms with van der Waals surface area (Å²) in [4.78, 5) is 34.8. The molecule has 394 valence electrons. The summed E-state index contributed by atoms with van der Waals surface area (Å²) in [5, 5.41) is 5.40. The fraction of sp³-hybridized carbons (Fsp3) is 0.286. The van der Waals surface area contributed by atoms with Crippen LogP contribution in [0.15, 0.2) is 149 Å². The predicted octanol–water partition coefficient (Wildman–Crippen LogP) is 17.7. The third-order valence-electron chi connectivity index (χ3n) is 11.2. The van der Waals surface area contributed by atoms with Crippen LogP contribution in [0, 0.1) is 125 Å². The first-order valence-electron chi connectivity index (χ1n) is 24.8. The molecule has 10 heterocycles. The number of nitrogens with zero attached hydrogens (tertiary/aromatic N) is 8. The normalized spacial score (nSPS) is 9.73. The lowest BCUT2D eigenvalue weighted by atomic mass is 10.2. The zero-order valence-electron chi connectivity index (χ0n) is 47.6. The summed E-state index contributed by atoms with van der Waals surface area (Å²) in [5.41, 5.74) is 14.6. The Kier molecular flexibility index (Phi) is 27.4. The van der Waals surface area contributed by atoms with Crippen molar-refractivity contribution in [3.8, 4) is 0 Å². The minimum atomic E-state index is 0.845. The number of rotatable bonds is 0. The molecule has 0 amide bonds. The summed E-state index contributed by atoms with van der Waals surface area (Å²) >= 11 is 5.42. The van der Waals surface area contributed by atoms with Crippen molar-refractivity contribution in [2.24, 2.45) is 0 Å². The van der Waals surface area contributed by atoms with Gasteiger partial charge in [-0.2, -0.15) is 0 Å². The quantitative estimate of drug-likeness (QED) is 0.148. The van der Waals surface area contributed by atoms with Crippen molar-refractivity contribution in [1.29, 1.82) is 0 Å². The lowest BCUT2D eigenvalue weighted by Gasteiger charge is -1.96. The average Bonchev–Trinajstić information content (AvgIpc) is 4.24. The first kappa shape index (κ1) is 62.3. The Morgan fingerprint density at radius 3 is 1.59 bits per heavy atom. The number of thiophene rings is 3. The van der Waals surface area contributed by atoms with E-state index in [9.17, 15) is 0 Å². The Morgan fingerprint density at radius 1 is 0.440 bits per heavy atom. The zero-order chi connectivity index (χ0) is 55.5. The van der Waals surface area contributed by atoms with E-state index in [0.717, 1.165) is 68.2 Å². The van der Waals surface area contributed by atoms with E-state index in [1.807, 2.05) is 174 Å². The highest BCUT2D eigenvalue weighted by molar-refractivity contribution is 7.11. The van der Waals surface area contributed by atoms with Gasteiger partial charge in [-0.25, -0.2) is 15.0 Å². The number of aryl methyl sites for hydroxylation is 18. The van der Waals surface area contributed by atoms with Gasteiger partial charge in [-0.3, -0.25) is 19.9 Å². The van der Waals surface area contributed by atoms with E-state index in [0.29, 0.717) is 0 Å². The monoisotopic (exact) mass is 1060 g/mol. The van der Waals surface area contributed by atoms with Crippen molar-refractivity contribution in [1.82, 2.24) is 39.3 Å². The van der Waals surface area contributed by atoms with Crippen LogP contribution >= 0.6 is 34.0 Å². The van der Waals surface area contributed by atoms with E-state index in [4.69, 9.17) is 4.42 Å². The van der Waals surface area contributed by atoms with Gasteiger partial charge >= 0.3 is 0 Å². The number of hydrogen-bond acceptors (Lipinski definition) is 11. The van der Waals surface area contributed by atoms with Gasteiger partial charge in [0, 0.05) is 78.7 Å². The van der Waals surface area contributed by atoms with Gasteiger partial charge in [-0.1, -0.05) is 42.5 Å². The molecule has 11 rings (SSSR count). The molecule has 0 aliphatic carbocycles. The SMILES string of the molecule is Cc1cc(C)c(C)o1.Cc1ccc(C)s1.Cc1ccc2ccccc2n1.Cc1cccnc1C.Cc1cccs1.Cc1ccsc1C.Cc1cnc(C)c(C)n1.Cc1cnc2ccccn12.Cc1ncc(C)c(C)n1. The molecule has 9 nitrogen and oxygen atoms in total. The summed E-state index contributed by atoms with van der Waals surface area (Å²) in [7, 11) is 0. The second-order valence-corrected chi connectivity index (χ2v) is 21.6. The van der Waals surface area contributed by atoms with E-state index < -0.39 is 0 Å². The lowest BCUT2D eigenvalue weighted by Crippen LogP contribution is -1.92. The molecule has 75 heavy (non-hydrogen) atoms. The molecule has 0 N–H and O–H groups in total. The molecule has 11 aromatic rings. The second-order valence-electron chi connectivity index (χ2n) is 17.9. The maximum absolute atomic E-state index is 5.21. The van der Waals surface area contributed by atoms with Gasteiger partial charge in [0.15, 0.2) is 0 Å². The Labute approximate surface area is 460 Å². The molecule has 0 fully saturated rings. The number of hydrogen-bond donors (Lipinski definition) is 0. The van der Waals surface area contributed by atoms with Crippen molar-refractivity contribution in [2.75, 3.05) is 0 Å². The Balaban J connectivity index is 0.000000224. The van der Waals surface area contributed by atoms with Crippen molar-refractivity contribution < 1.29 is 4.42 Å². The minimum absolute atomic E-state index is 0.845. The highest BCUT2D eigenvalue weighted by atomic mass is 32.1. The molecule has 0 aliphatic rings. The molecule has 0 saturated heterocycles. The molecule has 0 aliphatic heterocycles. The molecule has 0 saturated carbocycles. The van der Waals surface area contributed by atoms with Crippen LogP contribution in [-0.2, 0) is 0 Å². The summed E-state index contributed by atoms with van der Waals surface area (Å²) in [5.74, 6) is 2.88. The summed E-state index contributed by atoms with van der Waals surface area (Å²) < 4.78 is 7.27. The van der Waals surface area contributed by atoms with Crippen molar-refractivity contribution >= 4 is 50.6 Å². The maximum atomic E-state index is 5.21. The number of para-hydroxylation sites is 1. The third-order valence-corrected chi connectivity index (χ3v) is 13.9. The van der Waals surface area contributed by atoms with Gasteiger partial charge < -0.3 is 8.82 Å². The van der Waals surface area contributed by atoms with Crippen molar-refractivity contribution in [2.45, 2.75) is 125 Å². The van der Waals surface area contributed by atoms with Gasteiger partial charge in [-0.05, 0) is 218 Å². The lowest BCUT2D eigenvalue weighted by molar-refractivity contribution is 0.502. The fourth-order valence-electron chi connectivity index (χ4n) is 6.22. The average molecular weight is 1060 g/mol. The molecule has 0 spiro atoms. The number of fused-ring (bicyclic) bond motifs is 2. The van der Waals surface area contributed by atoms with Gasteiger partial charge in [0.1, 0.15) is 23.0 Å². The first-order valence-corrected chi connectivity index (χ1v) is 27.4. The summed E-state index contributed by atoms with van der Waals surface area (Å²) in [6.45, 7) is 36.5. The van der Waals surface area contributed by atoms with Crippen LogP contribution in [0.5, 0.6) is 0 Å². The first-order chi connectivity index (χ1) is 35.6. The van der Waals surface area contributed by atoms with Gasteiger partial charge in [-0.15, -0.1) is 34.0 Å². The summed E-state index contributed by atoms with van der Waals surface area (Å²) in [6, 6.07) is 34.9. The second kappa shape index (κ2) is 33.0. The standard InChI is InChI=1S/C10H9N.C8H8N2.2C7H10N2.C7H9N.C7H10O.2C6H8S.C5H6S/c1-8-6-7-9-4-2-3-5-10(9)11-8;1-7-6-9-8-4-2-3-5-10(7)8;1-5-4-8-6(2)7(3)9-5;1-5-4-8-7(3)9-6(5)2;1-6-4-3-5-8-7(6)2;1-5-4-6(2)8-7(5)3;1-5-3-4-7-6(5)2;1-5-3-4-6(2)7-5;1-5-3-2-4-6-5/h2-7H,1H3;2-6H,1H3;2*4H,1-3H3;3-5H,1-2H3;4H,1-3H3;2*3-4H,1-2H3;2-4H,1H3. The van der Waals surface area contributed by atoms with Gasteiger partial charge in [0.2, 0.25) is 0 Å². The van der Waals surface area contributed by atoms with E-state index >= 15 is 0 Å². The van der Waals surface area contributed by atoms with Crippen LogP contribution in [0.2, 0.25) is 0 Å². The molecule has 0 unspecified atom stereocenters. The molecular formula is C63H78N8OS3. The van der Waals surface area contributed by atoms with Crippen LogP contribution < -0.4 is 0 Å². The van der Waals surface area contributed by atoms with E-state index in [1.165, 1.54) is 47.3 Å². The molecule has 0 bridgehead atoms. The smallest absolute Gasteiger partial charge is 0.136 e. The molecule has 12 heteroatoms. The Bertz CT molecular complexity index is 3220. The third kappa shape index (κ3) is 24.3. The molecule has 1 aromatic carbocycles.